The van der Waals surface area contributed by atoms with Crippen molar-refractivity contribution in [1.82, 2.24) is 0 Å². The molecule has 4 nitrogen and oxygen atoms in total. The van der Waals surface area contributed by atoms with Gasteiger partial charge in [0.15, 0.2) is 11.4 Å². The smallest absolute Gasteiger partial charge is 0.449 e. The molecular weight excluding hydrogens is 277 g/mol. The number of aliphatic hydroxyl groups is 1. The Morgan fingerprint density at radius 1 is 1.30 bits per heavy atom. The van der Waals surface area contributed by atoms with Crippen LogP contribution in [0.2, 0.25) is 0 Å². The van der Waals surface area contributed by atoms with Crippen LogP contribution in [0.25, 0.3) is 0 Å². The number of allylic oxidation sites excluding steroid dienone is 1. The molecule has 1 heterocycles. The van der Waals surface area contributed by atoms with E-state index in [2.05, 4.69) is 4.74 Å². The van der Waals surface area contributed by atoms with Crippen molar-refractivity contribution in [2.24, 2.45) is 0 Å². The Hall–Kier alpha value is -2.02. The molecule has 20 heavy (non-hydrogen) atoms. The lowest BCUT2D eigenvalue weighted by atomic mass is 9.88. The third-order valence-electron chi connectivity index (χ3n) is 2.95. The van der Waals surface area contributed by atoms with E-state index in [1.807, 2.05) is 0 Å². The molecule has 0 saturated carbocycles. The third kappa shape index (κ3) is 2.49. The summed E-state index contributed by atoms with van der Waals surface area (Å²) in [5.41, 5.74) is -1.98. The summed E-state index contributed by atoms with van der Waals surface area (Å²) < 4.78 is 46.7. The van der Waals surface area contributed by atoms with Gasteiger partial charge < -0.3 is 14.6 Å². The third-order valence-corrected chi connectivity index (χ3v) is 2.95. The number of hydrogen-bond acceptors (Lipinski definition) is 4. The number of carbonyl (C=O) groups excluding carboxylic acids is 1. The molecule has 1 aliphatic heterocycles. The lowest BCUT2D eigenvalue weighted by molar-refractivity contribution is -0.164. The molecule has 108 valence electrons. The Labute approximate surface area is 112 Å². The van der Waals surface area contributed by atoms with Gasteiger partial charge in [-0.2, -0.15) is 13.2 Å². The minimum atomic E-state index is -4.75. The normalized spacial score (nSPS) is 23.1. The Kier molecular flexibility index (Phi) is 3.47. The van der Waals surface area contributed by atoms with E-state index in [9.17, 15) is 23.1 Å². The molecule has 0 fully saturated rings. The molecule has 0 aromatic heterocycles. The summed E-state index contributed by atoms with van der Waals surface area (Å²) >= 11 is 0. The Morgan fingerprint density at radius 2 is 1.90 bits per heavy atom. The van der Waals surface area contributed by atoms with Crippen LogP contribution in [-0.4, -0.2) is 30.8 Å². The van der Waals surface area contributed by atoms with Gasteiger partial charge in [-0.3, -0.25) is 4.79 Å². The number of carbonyl (C=O) groups is 1. The lowest BCUT2D eigenvalue weighted by Crippen LogP contribution is -2.43. The average molecular weight is 288 g/mol. The molecule has 0 amide bonds. The first-order valence-corrected chi connectivity index (χ1v) is 5.60. The first-order chi connectivity index (χ1) is 9.27. The summed E-state index contributed by atoms with van der Waals surface area (Å²) in [4.78, 5) is 11.8. The van der Waals surface area contributed by atoms with Crippen LogP contribution < -0.4 is 4.74 Å². The zero-order valence-electron chi connectivity index (χ0n) is 10.4. The van der Waals surface area contributed by atoms with Crippen molar-refractivity contribution in [1.29, 1.82) is 0 Å². The summed E-state index contributed by atoms with van der Waals surface area (Å²) in [6, 6.07) is 5.77. The van der Waals surface area contributed by atoms with E-state index in [0.717, 1.165) is 0 Å². The largest absolute Gasteiger partial charge is 0.497 e. The number of halogens is 3. The quantitative estimate of drug-likeness (QED) is 0.903. The molecule has 2 rings (SSSR count). The average Bonchev–Trinajstić information content (AvgIpc) is 2.41. The van der Waals surface area contributed by atoms with Crippen LogP contribution in [0.5, 0.6) is 5.75 Å². The molecule has 0 bridgehead atoms. The van der Waals surface area contributed by atoms with Crippen molar-refractivity contribution < 1.29 is 32.5 Å². The first-order valence-electron chi connectivity index (χ1n) is 5.60. The van der Waals surface area contributed by atoms with Gasteiger partial charge in [-0.1, -0.05) is 12.1 Å². The van der Waals surface area contributed by atoms with Gasteiger partial charge in [0.25, 0.3) is 0 Å². The molecule has 0 saturated heterocycles. The van der Waals surface area contributed by atoms with Crippen LogP contribution in [0.4, 0.5) is 13.2 Å². The van der Waals surface area contributed by atoms with Gasteiger partial charge in [-0.25, -0.2) is 0 Å². The maximum Gasteiger partial charge on any atom is 0.449 e. The van der Waals surface area contributed by atoms with Gasteiger partial charge in [0.05, 0.1) is 7.11 Å². The Bertz CT molecular complexity index is 548. The first kappa shape index (κ1) is 14.4. The molecule has 1 unspecified atom stereocenters. The molecule has 1 aromatic carbocycles. The van der Waals surface area contributed by atoms with E-state index in [4.69, 9.17) is 4.74 Å². The number of rotatable bonds is 2. The van der Waals surface area contributed by atoms with Crippen molar-refractivity contribution in [2.75, 3.05) is 13.7 Å². The predicted molar refractivity (Wildman–Crippen MR) is 62.0 cm³/mol. The maximum absolute atomic E-state index is 12.4. The Balaban J connectivity index is 2.32. The van der Waals surface area contributed by atoms with Crippen LogP contribution in [0.1, 0.15) is 5.56 Å². The highest BCUT2D eigenvalue weighted by Crippen LogP contribution is 2.35. The number of hydrogen-bond donors (Lipinski definition) is 1. The van der Waals surface area contributed by atoms with E-state index in [1.54, 1.807) is 0 Å². The molecule has 0 radical (unpaired) electrons. The molecular formula is C13H11F3O4. The molecule has 1 aromatic rings. The van der Waals surface area contributed by atoms with Crippen LogP contribution in [0, 0.1) is 0 Å². The molecule has 1 aliphatic rings. The maximum atomic E-state index is 12.4. The highest BCUT2D eigenvalue weighted by Gasteiger charge is 2.47. The van der Waals surface area contributed by atoms with Crippen molar-refractivity contribution in [3.05, 3.63) is 41.7 Å². The Morgan fingerprint density at radius 3 is 2.35 bits per heavy atom. The van der Waals surface area contributed by atoms with E-state index < -0.39 is 29.9 Å². The highest BCUT2D eigenvalue weighted by molar-refractivity contribution is 5.98. The number of benzene rings is 1. The topological polar surface area (TPSA) is 55.8 Å². The molecule has 0 spiro atoms. The van der Waals surface area contributed by atoms with Crippen LogP contribution in [0.15, 0.2) is 36.1 Å². The lowest BCUT2D eigenvalue weighted by Gasteiger charge is -2.31. The SMILES string of the molecule is COc1ccc(C2(O)COC(C(F)(F)F)=CC2=O)cc1. The minimum absolute atomic E-state index is 0.140. The van der Waals surface area contributed by atoms with Crippen molar-refractivity contribution in [3.8, 4) is 5.75 Å². The van der Waals surface area contributed by atoms with E-state index in [1.165, 1.54) is 31.4 Å². The second-order valence-corrected chi connectivity index (χ2v) is 4.25. The summed E-state index contributed by atoms with van der Waals surface area (Å²) in [6.07, 6.45) is -4.48. The number of ether oxygens (including phenoxy) is 2. The van der Waals surface area contributed by atoms with Gasteiger partial charge in [-0.05, 0) is 17.7 Å². The van der Waals surface area contributed by atoms with E-state index >= 15 is 0 Å². The van der Waals surface area contributed by atoms with Gasteiger partial charge in [-0.15, -0.1) is 0 Å². The zero-order valence-corrected chi connectivity index (χ0v) is 10.4. The summed E-state index contributed by atoms with van der Waals surface area (Å²) in [5, 5.41) is 10.2. The summed E-state index contributed by atoms with van der Waals surface area (Å²) in [5.74, 6) is -1.98. The predicted octanol–water partition coefficient (Wildman–Crippen LogP) is 1.93. The molecule has 1 atom stereocenters. The summed E-state index contributed by atoms with van der Waals surface area (Å²) in [7, 11) is 1.44. The van der Waals surface area contributed by atoms with Crippen molar-refractivity contribution >= 4 is 5.78 Å². The molecule has 1 N–H and O–H groups in total. The van der Waals surface area contributed by atoms with Crippen LogP contribution >= 0.6 is 0 Å². The van der Waals surface area contributed by atoms with Gasteiger partial charge in [0.1, 0.15) is 12.4 Å². The standard InChI is InChI=1S/C13H11F3O4/c1-19-9-4-2-8(3-5-9)12(18)7-20-11(6-10(12)17)13(14,15)16/h2-6,18H,7H2,1H3. The second-order valence-electron chi connectivity index (χ2n) is 4.25. The van der Waals surface area contributed by atoms with Gasteiger partial charge in [0.2, 0.25) is 5.76 Å². The minimum Gasteiger partial charge on any atom is -0.497 e. The zero-order chi connectivity index (χ0) is 15.0. The molecule has 7 heteroatoms. The fraction of sp³-hybridized carbons (Fsp3) is 0.308. The van der Waals surface area contributed by atoms with Crippen LogP contribution in [-0.2, 0) is 15.1 Å². The fourth-order valence-corrected chi connectivity index (χ4v) is 1.79. The van der Waals surface area contributed by atoms with E-state index in [0.29, 0.717) is 5.75 Å². The van der Waals surface area contributed by atoms with Gasteiger partial charge in [0, 0.05) is 6.08 Å². The summed E-state index contributed by atoms with van der Waals surface area (Å²) in [6.45, 7) is -0.788. The number of methoxy groups -OCH3 is 1. The molecule has 0 aliphatic carbocycles. The second kappa shape index (κ2) is 4.82. The van der Waals surface area contributed by atoms with Gasteiger partial charge >= 0.3 is 6.18 Å². The van der Waals surface area contributed by atoms with Crippen LogP contribution in [0.3, 0.4) is 0 Å². The number of ketones is 1. The van der Waals surface area contributed by atoms with E-state index in [-0.39, 0.29) is 11.6 Å². The monoisotopic (exact) mass is 288 g/mol. The van der Waals surface area contributed by atoms with Crippen molar-refractivity contribution in [2.45, 2.75) is 11.8 Å². The highest BCUT2D eigenvalue weighted by atomic mass is 19.4. The number of alkyl halides is 3. The van der Waals surface area contributed by atoms with Crippen molar-refractivity contribution in [3.63, 3.8) is 0 Å². The fourth-order valence-electron chi connectivity index (χ4n) is 1.79.